The summed E-state index contributed by atoms with van der Waals surface area (Å²) >= 11 is 0. The van der Waals surface area contributed by atoms with Gasteiger partial charge in [-0.05, 0) is 17.7 Å². The van der Waals surface area contributed by atoms with Crippen molar-refractivity contribution in [2.24, 2.45) is 0 Å². The average Bonchev–Trinajstić information content (AvgIpc) is 2.97. The third kappa shape index (κ3) is 4.83. The fourth-order valence-electron chi connectivity index (χ4n) is 1.53. The highest BCUT2D eigenvalue weighted by molar-refractivity contribution is 5.93. The molecule has 0 aliphatic heterocycles. The molecule has 0 saturated heterocycles. The Morgan fingerprint density at radius 2 is 2.00 bits per heavy atom. The molecule has 2 aromatic rings. The molecule has 0 bridgehead atoms. The van der Waals surface area contributed by atoms with Crippen molar-refractivity contribution in [3.8, 4) is 5.75 Å². The second-order valence-corrected chi connectivity index (χ2v) is 4.22. The van der Waals surface area contributed by atoms with Crippen molar-refractivity contribution in [3.05, 3.63) is 47.8 Å². The Labute approximate surface area is 118 Å². The minimum atomic E-state index is -4.36. The molecular formula is C13H12F3N3O2. The largest absolute Gasteiger partial charge is 0.484 e. The normalized spacial score (nSPS) is 11.2. The predicted molar refractivity (Wildman–Crippen MR) is 67.7 cm³/mol. The van der Waals surface area contributed by atoms with E-state index in [2.05, 4.69) is 20.3 Å². The van der Waals surface area contributed by atoms with E-state index in [1.54, 1.807) is 12.1 Å². The Balaban J connectivity index is 1.84. The Morgan fingerprint density at radius 3 is 2.57 bits per heavy atom. The summed E-state index contributed by atoms with van der Waals surface area (Å²) in [6.45, 7) is -1.08. The number of halogens is 3. The van der Waals surface area contributed by atoms with Gasteiger partial charge < -0.3 is 10.1 Å². The molecule has 0 atom stereocenters. The number of H-pyrrole nitrogens is 1. The highest BCUT2D eigenvalue weighted by Gasteiger charge is 2.28. The second kappa shape index (κ2) is 6.29. The number of carbonyl (C=O) groups excluding carboxylic acids is 1. The number of hydrogen-bond donors (Lipinski definition) is 2. The lowest BCUT2D eigenvalue weighted by Crippen LogP contribution is -2.22. The fraction of sp³-hybridized carbons (Fsp3) is 0.231. The minimum absolute atomic E-state index is 0.122. The highest BCUT2D eigenvalue weighted by atomic mass is 19.4. The molecular weight excluding hydrogens is 287 g/mol. The maximum absolute atomic E-state index is 12.0. The van der Waals surface area contributed by atoms with Crippen LogP contribution in [0.2, 0.25) is 0 Å². The van der Waals surface area contributed by atoms with Gasteiger partial charge in [-0.25, -0.2) is 0 Å². The molecule has 0 radical (unpaired) electrons. The van der Waals surface area contributed by atoms with Gasteiger partial charge in [0.05, 0.1) is 11.8 Å². The molecule has 0 aliphatic carbocycles. The summed E-state index contributed by atoms with van der Waals surface area (Å²) in [4.78, 5) is 11.6. The van der Waals surface area contributed by atoms with E-state index in [0.29, 0.717) is 5.56 Å². The number of ether oxygens (including phenoxy) is 1. The summed E-state index contributed by atoms with van der Waals surface area (Å²) in [5, 5.41) is 8.84. The summed E-state index contributed by atoms with van der Waals surface area (Å²) in [6, 6.07) is 6.01. The van der Waals surface area contributed by atoms with Crippen molar-refractivity contribution in [2.75, 3.05) is 6.61 Å². The molecule has 8 heteroatoms. The summed E-state index contributed by atoms with van der Waals surface area (Å²) in [7, 11) is 0. The molecule has 1 heterocycles. The van der Waals surface area contributed by atoms with Gasteiger partial charge in [0, 0.05) is 12.7 Å². The number of amides is 1. The van der Waals surface area contributed by atoms with Crippen LogP contribution in [-0.4, -0.2) is 28.9 Å². The standard InChI is InChI=1S/C13H12F3N3O2/c14-13(15,16)8-21-11-3-1-9(2-4-11)5-17-12(20)10-6-18-19-7-10/h1-4,6-7H,5,8H2,(H,17,20)(H,18,19). The zero-order valence-corrected chi connectivity index (χ0v) is 10.8. The van der Waals surface area contributed by atoms with E-state index in [-0.39, 0.29) is 18.2 Å². The van der Waals surface area contributed by atoms with E-state index >= 15 is 0 Å². The number of aromatic nitrogens is 2. The first-order valence-corrected chi connectivity index (χ1v) is 5.99. The van der Waals surface area contributed by atoms with Crippen LogP contribution in [-0.2, 0) is 6.54 Å². The minimum Gasteiger partial charge on any atom is -0.484 e. The number of hydrogen-bond acceptors (Lipinski definition) is 3. The van der Waals surface area contributed by atoms with Crippen molar-refractivity contribution in [2.45, 2.75) is 12.7 Å². The first-order chi connectivity index (χ1) is 9.94. The molecule has 0 saturated carbocycles. The third-order valence-electron chi connectivity index (χ3n) is 2.54. The van der Waals surface area contributed by atoms with Crippen LogP contribution < -0.4 is 10.1 Å². The van der Waals surface area contributed by atoms with Crippen molar-refractivity contribution in [3.63, 3.8) is 0 Å². The molecule has 5 nitrogen and oxygen atoms in total. The van der Waals surface area contributed by atoms with E-state index in [9.17, 15) is 18.0 Å². The number of nitrogens with zero attached hydrogens (tertiary/aromatic N) is 1. The zero-order valence-electron chi connectivity index (χ0n) is 10.8. The van der Waals surface area contributed by atoms with E-state index in [1.807, 2.05) is 0 Å². The number of carbonyl (C=O) groups is 1. The first kappa shape index (κ1) is 14.9. The SMILES string of the molecule is O=C(NCc1ccc(OCC(F)(F)F)cc1)c1cn[nH]c1. The van der Waals surface area contributed by atoms with Crippen LogP contribution in [0.25, 0.3) is 0 Å². The molecule has 21 heavy (non-hydrogen) atoms. The molecule has 1 aromatic carbocycles. The Morgan fingerprint density at radius 1 is 1.29 bits per heavy atom. The zero-order chi connectivity index (χ0) is 15.3. The molecule has 112 valence electrons. The molecule has 1 amide bonds. The molecule has 0 unspecified atom stereocenters. The van der Waals surface area contributed by atoms with E-state index in [1.165, 1.54) is 24.5 Å². The lowest BCUT2D eigenvalue weighted by atomic mass is 10.2. The summed E-state index contributed by atoms with van der Waals surface area (Å²) < 4.78 is 40.5. The van der Waals surface area contributed by atoms with Gasteiger partial charge in [0.2, 0.25) is 0 Å². The van der Waals surface area contributed by atoms with Gasteiger partial charge >= 0.3 is 6.18 Å². The number of aromatic amines is 1. The van der Waals surface area contributed by atoms with Gasteiger partial charge in [0.25, 0.3) is 5.91 Å². The predicted octanol–water partition coefficient (Wildman–Crippen LogP) is 2.28. The topological polar surface area (TPSA) is 67.0 Å². The molecule has 1 aromatic heterocycles. The monoisotopic (exact) mass is 299 g/mol. The van der Waals surface area contributed by atoms with Crippen LogP contribution >= 0.6 is 0 Å². The van der Waals surface area contributed by atoms with Gasteiger partial charge in [-0.2, -0.15) is 18.3 Å². The average molecular weight is 299 g/mol. The lowest BCUT2D eigenvalue weighted by Gasteiger charge is -2.09. The van der Waals surface area contributed by atoms with E-state index in [4.69, 9.17) is 0 Å². The fourth-order valence-corrected chi connectivity index (χ4v) is 1.53. The molecule has 0 aliphatic rings. The second-order valence-electron chi connectivity index (χ2n) is 4.22. The molecule has 2 rings (SSSR count). The highest BCUT2D eigenvalue weighted by Crippen LogP contribution is 2.18. The van der Waals surface area contributed by atoms with Crippen LogP contribution in [0.1, 0.15) is 15.9 Å². The lowest BCUT2D eigenvalue weighted by molar-refractivity contribution is -0.153. The smallest absolute Gasteiger partial charge is 0.422 e. The summed E-state index contributed by atoms with van der Waals surface area (Å²) in [6.07, 6.45) is -1.51. The van der Waals surface area contributed by atoms with Gasteiger partial charge in [0.15, 0.2) is 6.61 Å². The number of alkyl halides is 3. The Hall–Kier alpha value is -2.51. The van der Waals surface area contributed by atoms with Crippen LogP contribution in [0.15, 0.2) is 36.7 Å². The van der Waals surface area contributed by atoms with Gasteiger partial charge in [-0.15, -0.1) is 0 Å². The number of nitrogens with one attached hydrogen (secondary N) is 2. The number of rotatable bonds is 5. The maximum atomic E-state index is 12.0. The van der Waals surface area contributed by atoms with Crippen molar-refractivity contribution in [1.29, 1.82) is 0 Å². The number of benzene rings is 1. The molecule has 0 fully saturated rings. The van der Waals surface area contributed by atoms with E-state index in [0.717, 1.165) is 5.56 Å². The molecule has 2 N–H and O–H groups in total. The van der Waals surface area contributed by atoms with E-state index < -0.39 is 12.8 Å². The van der Waals surface area contributed by atoms with Crippen molar-refractivity contribution >= 4 is 5.91 Å². The quantitative estimate of drug-likeness (QED) is 0.890. The maximum Gasteiger partial charge on any atom is 0.422 e. The van der Waals surface area contributed by atoms with Crippen LogP contribution in [0.4, 0.5) is 13.2 Å². The van der Waals surface area contributed by atoms with Crippen molar-refractivity contribution < 1.29 is 22.7 Å². The first-order valence-electron chi connectivity index (χ1n) is 5.99. The van der Waals surface area contributed by atoms with Gasteiger partial charge in [0.1, 0.15) is 5.75 Å². The Bertz CT molecular complexity index is 580. The van der Waals surface area contributed by atoms with Gasteiger partial charge in [-0.3, -0.25) is 9.89 Å². The van der Waals surface area contributed by atoms with Crippen LogP contribution in [0, 0.1) is 0 Å². The molecule has 0 spiro atoms. The third-order valence-corrected chi connectivity index (χ3v) is 2.54. The summed E-state index contributed by atoms with van der Waals surface area (Å²) in [5.74, 6) is -0.168. The Kier molecular flexibility index (Phi) is 4.46. The van der Waals surface area contributed by atoms with Crippen molar-refractivity contribution in [1.82, 2.24) is 15.5 Å². The van der Waals surface area contributed by atoms with Crippen LogP contribution in [0.5, 0.6) is 5.75 Å². The van der Waals surface area contributed by atoms with Gasteiger partial charge in [-0.1, -0.05) is 12.1 Å². The summed E-state index contributed by atoms with van der Waals surface area (Å²) in [5.41, 5.74) is 1.14. The van der Waals surface area contributed by atoms with Crippen LogP contribution in [0.3, 0.4) is 0 Å².